The lowest BCUT2D eigenvalue weighted by Gasteiger charge is -2.32. The van der Waals surface area contributed by atoms with Crippen LogP contribution in [0.25, 0.3) is 0 Å². The van der Waals surface area contributed by atoms with Gasteiger partial charge in [0, 0.05) is 5.92 Å². The first-order chi connectivity index (χ1) is 5.63. The van der Waals surface area contributed by atoms with Gasteiger partial charge in [0.15, 0.2) is 6.40 Å². The van der Waals surface area contributed by atoms with Crippen LogP contribution in [0.2, 0.25) is 0 Å². The summed E-state index contributed by atoms with van der Waals surface area (Å²) in [6.07, 6.45) is 1.61. The fourth-order valence-corrected chi connectivity index (χ4v) is 1.73. The first-order valence-corrected chi connectivity index (χ1v) is 4.76. The van der Waals surface area contributed by atoms with Crippen LogP contribution >= 0.6 is 0 Å². The van der Waals surface area contributed by atoms with Crippen LogP contribution in [0, 0.1) is 17.8 Å². The molecular weight excluding hydrogens is 150 g/mol. The molecule has 2 atom stereocenters. The van der Waals surface area contributed by atoms with E-state index >= 15 is 0 Å². The van der Waals surface area contributed by atoms with E-state index < -0.39 is 0 Å². The molecule has 0 amide bonds. The van der Waals surface area contributed by atoms with Crippen LogP contribution in [0.5, 0.6) is 0 Å². The van der Waals surface area contributed by atoms with Crippen molar-refractivity contribution in [1.82, 2.24) is 0 Å². The number of nitrogens with zero attached hydrogens (tertiary/aromatic N) is 1. The number of rotatable bonds is 2. The van der Waals surface area contributed by atoms with Gasteiger partial charge in [-0.25, -0.2) is 0 Å². The molecule has 1 aliphatic heterocycles. The lowest BCUT2D eigenvalue weighted by atomic mass is 9.83. The van der Waals surface area contributed by atoms with E-state index in [0.717, 1.165) is 6.61 Å². The summed E-state index contributed by atoms with van der Waals surface area (Å²) < 4.78 is 5.23. The molecule has 0 bridgehead atoms. The molecule has 2 unspecified atom stereocenters. The van der Waals surface area contributed by atoms with Crippen molar-refractivity contribution in [3.8, 4) is 0 Å². The van der Waals surface area contributed by atoms with Gasteiger partial charge >= 0.3 is 0 Å². The first kappa shape index (κ1) is 9.56. The maximum Gasteiger partial charge on any atom is 0.169 e. The van der Waals surface area contributed by atoms with Crippen molar-refractivity contribution < 1.29 is 4.74 Å². The minimum atomic E-state index is 0.457. The zero-order valence-corrected chi connectivity index (χ0v) is 8.45. The second-order valence-corrected chi connectivity index (χ2v) is 4.23. The Morgan fingerprint density at radius 2 is 1.92 bits per heavy atom. The average molecular weight is 169 g/mol. The standard InChI is InChI=1S/C10H19NO/c1-7(2)9-5-12-6-11-10(9)8(3)4/h6-10H,5H2,1-4H3. The normalized spacial score (nSPS) is 29.5. The summed E-state index contributed by atoms with van der Waals surface area (Å²) in [5, 5.41) is 0. The molecule has 1 aliphatic rings. The summed E-state index contributed by atoms with van der Waals surface area (Å²) >= 11 is 0. The molecule has 0 aromatic carbocycles. The molecule has 2 nitrogen and oxygen atoms in total. The average Bonchev–Trinajstić information content (AvgIpc) is 2.04. The molecule has 0 spiro atoms. The minimum absolute atomic E-state index is 0.457. The van der Waals surface area contributed by atoms with Crippen molar-refractivity contribution in [3.05, 3.63) is 0 Å². The smallest absolute Gasteiger partial charge is 0.169 e. The van der Waals surface area contributed by atoms with Crippen LogP contribution in [0.4, 0.5) is 0 Å². The van der Waals surface area contributed by atoms with Gasteiger partial charge in [0.2, 0.25) is 0 Å². The monoisotopic (exact) mass is 169 g/mol. The Morgan fingerprint density at radius 1 is 1.25 bits per heavy atom. The second kappa shape index (κ2) is 3.92. The Kier molecular flexibility index (Phi) is 3.12. The molecule has 1 rings (SSSR count). The van der Waals surface area contributed by atoms with Crippen molar-refractivity contribution in [2.45, 2.75) is 33.7 Å². The number of hydrogen-bond acceptors (Lipinski definition) is 2. The van der Waals surface area contributed by atoms with E-state index in [0.29, 0.717) is 23.8 Å². The molecule has 12 heavy (non-hydrogen) atoms. The van der Waals surface area contributed by atoms with E-state index in [1.165, 1.54) is 0 Å². The van der Waals surface area contributed by atoms with Crippen molar-refractivity contribution in [1.29, 1.82) is 0 Å². The van der Waals surface area contributed by atoms with E-state index in [9.17, 15) is 0 Å². The van der Waals surface area contributed by atoms with Gasteiger partial charge in [-0.15, -0.1) is 0 Å². The van der Waals surface area contributed by atoms with Crippen molar-refractivity contribution in [2.75, 3.05) is 6.61 Å². The lowest BCUT2D eigenvalue weighted by molar-refractivity contribution is 0.139. The highest BCUT2D eigenvalue weighted by molar-refractivity contribution is 5.47. The van der Waals surface area contributed by atoms with Crippen LogP contribution in [-0.2, 0) is 4.74 Å². The Hall–Kier alpha value is -0.530. The topological polar surface area (TPSA) is 21.6 Å². The van der Waals surface area contributed by atoms with Crippen molar-refractivity contribution in [2.24, 2.45) is 22.7 Å². The zero-order valence-electron chi connectivity index (χ0n) is 8.45. The molecule has 0 aromatic heterocycles. The molecule has 0 fully saturated rings. The Labute approximate surface area is 75.0 Å². The van der Waals surface area contributed by atoms with Gasteiger partial charge in [-0.1, -0.05) is 27.7 Å². The van der Waals surface area contributed by atoms with Gasteiger partial charge in [-0.05, 0) is 11.8 Å². The lowest BCUT2D eigenvalue weighted by Crippen LogP contribution is -2.35. The van der Waals surface area contributed by atoms with Crippen molar-refractivity contribution in [3.63, 3.8) is 0 Å². The molecule has 0 radical (unpaired) electrons. The molecule has 0 saturated carbocycles. The molecule has 2 heteroatoms. The van der Waals surface area contributed by atoms with Gasteiger partial charge in [-0.2, -0.15) is 0 Å². The molecule has 0 saturated heterocycles. The molecule has 0 aromatic rings. The van der Waals surface area contributed by atoms with Crippen LogP contribution in [0.1, 0.15) is 27.7 Å². The highest BCUT2D eigenvalue weighted by Gasteiger charge is 2.28. The highest BCUT2D eigenvalue weighted by atomic mass is 16.5. The van der Waals surface area contributed by atoms with Crippen LogP contribution < -0.4 is 0 Å². The molecule has 1 heterocycles. The van der Waals surface area contributed by atoms with E-state index in [1.807, 2.05) is 0 Å². The van der Waals surface area contributed by atoms with Gasteiger partial charge in [-0.3, -0.25) is 4.99 Å². The largest absolute Gasteiger partial charge is 0.483 e. The zero-order chi connectivity index (χ0) is 9.14. The maximum atomic E-state index is 5.23. The van der Waals surface area contributed by atoms with E-state index in [-0.39, 0.29) is 0 Å². The number of ether oxygens (including phenoxy) is 1. The number of aliphatic imine (C=N–C) groups is 1. The third-order valence-corrected chi connectivity index (χ3v) is 2.57. The summed E-state index contributed by atoms with van der Waals surface area (Å²) in [5.74, 6) is 1.88. The minimum Gasteiger partial charge on any atom is -0.483 e. The Morgan fingerprint density at radius 3 is 2.33 bits per heavy atom. The van der Waals surface area contributed by atoms with Crippen molar-refractivity contribution >= 4 is 6.40 Å². The summed E-state index contributed by atoms with van der Waals surface area (Å²) in [5.41, 5.74) is 0. The Bertz CT molecular complexity index is 163. The van der Waals surface area contributed by atoms with E-state index in [2.05, 4.69) is 32.7 Å². The van der Waals surface area contributed by atoms with E-state index in [1.54, 1.807) is 6.40 Å². The number of hydrogen-bond donors (Lipinski definition) is 0. The summed E-state index contributed by atoms with van der Waals surface area (Å²) in [6.45, 7) is 9.77. The molecule has 0 N–H and O–H groups in total. The van der Waals surface area contributed by atoms with Gasteiger partial charge in [0.05, 0.1) is 12.6 Å². The van der Waals surface area contributed by atoms with Crippen LogP contribution in [-0.4, -0.2) is 19.0 Å². The predicted octanol–water partition coefficient (Wildman–Crippen LogP) is 2.34. The van der Waals surface area contributed by atoms with Gasteiger partial charge < -0.3 is 4.74 Å². The molecule has 70 valence electrons. The molecule has 0 aliphatic carbocycles. The summed E-state index contributed by atoms with van der Waals surface area (Å²) in [4.78, 5) is 4.38. The first-order valence-electron chi connectivity index (χ1n) is 4.76. The fourth-order valence-electron chi connectivity index (χ4n) is 1.73. The van der Waals surface area contributed by atoms with Gasteiger partial charge in [0.1, 0.15) is 0 Å². The summed E-state index contributed by atoms with van der Waals surface area (Å²) in [6, 6.07) is 0.457. The SMILES string of the molecule is CC(C)C1COC=NC1C(C)C. The predicted molar refractivity (Wildman–Crippen MR) is 51.4 cm³/mol. The quantitative estimate of drug-likeness (QED) is 0.621. The fraction of sp³-hybridized carbons (Fsp3) is 0.900. The van der Waals surface area contributed by atoms with Crippen LogP contribution in [0.15, 0.2) is 4.99 Å². The third-order valence-electron chi connectivity index (χ3n) is 2.57. The highest BCUT2D eigenvalue weighted by Crippen LogP contribution is 2.26. The second-order valence-electron chi connectivity index (χ2n) is 4.23. The summed E-state index contributed by atoms with van der Waals surface area (Å²) in [7, 11) is 0. The Balaban J connectivity index is 2.65. The van der Waals surface area contributed by atoms with Gasteiger partial charge in [0.25, 0.3) is 0 Å². The molecular formula is C10H19NO. The van der Waals surface area contributed by atoms with Crippen LogP contribution in [0.3, 0.4) is 0 Å². The maximum absolute atomic E-state index is 5.23. The van der Waals surface area contributed by atoms with E-state index in [4.69, 9.17) is 4.74 Å². The third kappa shape index (κ3) is 1.99.